The molecular weight excluding hydrogens is 422 g/mol. The third-order valence-electron chi connectivity index (χ3n) is 3.78. The van der Waals surface area contributed by atoms with Crippen molar-refractivity contribution in [2.24, 2.45) is 11.1 Å². The number of hydrogen-bond acceptors (Lipinski definition) is 1. The van der Waals surface area contributed by atoms with Crippen molar-refractivity contribution in [1.82, 2.24) is 0 Å². The van der Waals surface area contributed by atoms with Crippen molar-refractivity contribution >= 4 is 0 Å². The average Bonchev–Trinajstić information content (AvgIpc) is 2.39. The molecule has 0 heterocycles. The first-order valence-corrected chi connectivity index (χ1v) is 7.26. The minimum Gasteiger partial charge on any atom is -0.323 e. The molecule has 0 saturated carbocycles. The zero-order valence-electron chi connectivity index (χ0n) is 14.3. The standard InChI is InChI=1S/C15H13F12N/c1-11(2,3)10(28)5-4-6(12(16,17)18)8(14(22,23)24)9(15(25,26)27)7(5)13(19,20)21/h4,10H,28H2,1-3H3. The van der Waals surface area contributed by atoms with Gasteiger partial charge in [-0.2, -0.15) is 52.7 Å². The number of benzene rings is 1. The molecule has 2 N–H and O–H groups in total. The lowest BCUT2D eigenvalue weighted by atomic mass is 9.78. The van der Waals surface area contributed by atoms with Gasteiger partial charge in [-0.1, -0.05) is 20.8 Å². The first-order chi connectivity index (χ1) is 12.0. The van der Waals surface area contributed by atoms with E-state index in [-0.39, 0.29) is 0 Å². The van der Waals surface area contributed by atoms with E-state index >= 15 is 0 Å². The van der Waals surface area contributed by atoms with Crippen LogP contribution in [0.5, 0.6) is 0 Å². The molecule has 1 atom stereocenters. The fraction of sp³-hybridized carbons (Fsp3) is 0.600. The fourth-order valence-corrected chi connectivity index (χ4v) is 2.52. The minimum atomic E-state index is -6.40. The second-order valence-electron chi connectivity index (χ2n) is 6.97. The molecule has 1 aromatic carbocycles. The van der Waals surface area contributed by atoms with Gasteiger partial charge in [0.1, 0.15) is 0 Å². The molecule has 1 nitrogen and oxygen atoms in total. The molecule has 1 aromatic rings. The molecule has 1 rings (SSSR count). The van der Waals surface area contributed by atoms with Crippen molar-refractivity contribution in [2.45, 2.75) is 51.5 Å². The quantitative estimate of drug-likeness (QED) is 0.482. The Labute approximate surface area is 150 Å². The minimum absolute atomic E-state index is 0.600. The molecule has 1 unspecified atom stereocenters. The van der Waals surface area contributed by atoms with Gasteiger partial charge in [0, 0.05) is 6.04 Å². The van der Waals surface area contributed by atoms with Crippen molar-refractivity contribution in [3.63, 3.8) is 0 Å². The predicted molar refractivity (Wildman–Crippen MR) is 72.8 cm³/mol. The Morgan fingerprint density at radius 2 is 0.964 bits per heavy atom. The smallest absolute Gasteiger partial charge is 0.323 e. The summed E-state index contributed by atoms with van der Waals surface area (Å²) in [4.78, 5) is 0. The lowest BCUT2D eigenvalue weighted by molar-refractivity contribution is -0.183. The van der Waals surface area contributed by atoms with E-state index in [0.717, 1.165) is 20.8 Å². The van der Waals surface area contributed by atoms with Crippen LogP contribution < -0.4 is 5.73 Å². The van der Waals surface area contributed by atoms with Crippen molar-refractivity contribution in [2.75, 3.05) is 0 Å². The summed E-state index contributed by atoms with van der Waals surface area (Å²) in [6.45, 7) is 3.32. The molecule has 0 aromatic heterocycles. The van der Waals surface area contributed by atoms with Crippen LogP contribution in [0.4, 0.5) is 52.7 Å². The van der Waals surface area contributed by atoms with Gasteiger partial charge in [-0.25, -0.2) is 0 Å². The summed E-state index contributed by atoms with van der Waals surface area (Å²) in [5, 5.41) is 0. The highest BCUT2D eigenvalue weighted by Gasteiger charge is 2.56. The molecule has 0 bridgehead atoms. The zero-order valence-corrected chi connectivity index (χ0v) is 14.3. The SMILES string of the molecule is CC(C)(C)C(N)c1cc(C(F)(F)F)c(C(F)(F)F)c(C(F)(F)F)c1C(F)(F)F. The van der Waals surface area contributed by atoms with Crippen molar-refractivity contribution in [1.29, 1.82) is 0 Å². The Morgan fingerprint density at radius 1 is 0.607 bits per heavy atom. The molecule has 0 radical (unpaired) electrons. The monoisotopic (exact) mass is 435 g/mol. The molecule has 0 fully saturated rings. The van der Waals surface area contributed by atoms with Gasteiger partial charge in [0.05, 0.1) is 22.3 Å². The summed E-state index contributed by atoms with van der Waals surface area (Å²) in [6, 6.07) is -2.69. The maximum Gasteiger partial charge on any atom is 0.417 e. The van der Waals surface area contributed by atoms with E-state index in [1.54, 1.807) is 0 Å². The topological polar surface area (TPSA) is 26.0 Å². The van der Waals surface area contributed by atoms with Gasteiger partial charge in [0.2, 0.25) is 0 Å². The van der Waals surface area contributed by atoms with Crippen LogP contribution in [0.1, 0.15) is 54.6 Å². The molecule has 0 aliphatic heterocycles. The third-order valence-corrected chi connectivity index (χ3v) is 3.78. The molecule has 0 spiro atoms. The summed E-state index contributed by atoms with van der Waals surface area (Å²) >= 11 is 0. The van der Waals surface area contributed by atoms with Crippen LogP contribution in [0.25, 0.3) is 0 Å². The fourth-order valence-electron chi connectivity index (χ4n) is 2.52. The average molecular weight is 435 g/mol. The Kier molecular flexibility index (Phi) is 5.83. The third kappa shape index (κ3) is 4.84. The normalized spacial score (nSPS) is 15.7. The van der Waals surface area contributed by atoms with Crippen LogP contribution >= 0.6 is 0 Å². The number of alkyl halides is 12. The van der Waals surface area contributed by atoms with Crippen LogP contribution in [-0.4, -0.2) is 0 Å². The van der Waals surface area contributed by atoms with E-state index in [2.05, 4.69) is 0 Å². The molecule has 0 aliphatic rings. The lowest BCUT2D eigenvalue weighted by Gasteiger charge is -2.33. The largest absolute Gasteiger partial charge is 0.417 e. The Balaban J connectivity index is 4.40. The van der Waals surface area contributed by atoms with E-state index in [1.807, 2.05) is 0 Å². The second-order valence-corrected chi connectivity index (χ2v) is 6.97. The lowest BCUT2D eigenvalue weighted by Crippen LogP contribution is -2.34. The van der Waals surface area contributed by atoms with E-state index < -0.39 is 70.0 Å². The van der Waals surface area contributed by atoms with Crippen LogP contribution in [-0.2, 0) is 24.7 Å². The number of halogens is 12. The number of hydrogen-bond donors (Lipinski definition) is 1. The summed E-state index contributed by atoms with van der Waals surface area (Å²) in [6.07, 6.45) is -24.9. The van der Waals surface area contributed by atoms with Gasteiger partial charge in [-0.05, 0) is 17.0 Å². The van der Waals surface area contributed by atoms with Gasteiger partial charge in [0.25, 0.3) is 0 Å². The summed E-state index contributed by atoms with van der Waals surface area (Å²) in [7, 11) is 0. The van der Waals surface area contributed by atoms with Crippen molar-refractivity contribution < 1.29 is 52.7 Å². The van der Waals surface area contributed by atoms with E-state index in [4.69, 9.17) is 5.73 Å². The summed E-state index contributed by atoms with van der Waals surface area (Å²) < 4.78 is 159. The molecule has 0 aliphatic carbocycles. The first-order valence-electron chi connectivity index (χ1n) is 7.26. The molecule has 0 saturated heterocycles. The van der Waals surface area contributed by atoms with Crippen LogP contribution in [0.2, 0.25) is 0 Å². The van der Waals surface area contributed by atoms with E-state index in [1.165, 1.54) is 0 Å². The summed E-state index contributed by atoms with van der Waals surface area (Å²) in [5.41, 5.74) is -10.5. The highest BCUT2D eigenvalue weighted by molar-refractivity contribution is 5.53. The van der Waals surface area contributed by atoms with Gasteiger partial charge >= 0.3 is 24.7 Å². The Bertz CT molecular complexity index is 728. The van der Waals surface area contributed by atoms with Crippen LogP contribution in [0.3, 0.4) is 0 Å². The number of nitrogens with two attached hydrogens (primary N) is 1. The van der Waals surface area contributed by atoms with Gasteiger partial charge in [-0.15, -0.1) is 0 Å². The van der Waals surface area contributed by atoms with Gasteiger partial charge in [0.15, 0.2) is 0 Å². The van der Waals surface area contributed by atoms with Crippen LogP contribution in [0.15, 0.2) is 6.07 Å². The van der Waals surface area contributed by atoms with Crippen molar-refractivity contribution in [3.05, 3.63) is 33.9 Å². The Morgan fingerprint density at radius 3 is 1.21 bits per heavy atom. The highest BCUT2D eigenvalue weighted by atomic mass is 19.4. The second kappa shape index (κ2) is 6.70. The van der Waals surface area contributed by atoms with Crippen LogP contribution in [0, 0.1) is 5.41 Å². The predicted octanol–water partition coefficient (Wildman–Crippen LogP) is 6.81. The zero-order chi connectivity index (χ0) is 22.7. The van der Waals surface area contributed by atoms with Crippen molar-refractivity contribution in [3.8, 4) is 0 Å². The molecule has 28 heavy (non-hydrogen) atoms. The maximum atomic E-state index is 13.4. The van der Waals surface area contributed by atoms with Gasteiger partial charge in [-0.3, -0.25) is 0 Å². The molecule has 13 heteroatoms. The molecule has 0 amide bonds. The maximum absolute atomic E-state index is 13.4. The first kappa shape index (κ1) is 24.4. The Hall–Kier alpha value is -1.66. The summed E-state index contributed by atoms with van der Waals surface area (Å²) in [5.74, 6) is 0. The highest BCUT2D eigenvalue weighted by Crippen LogP contribution is 2.53. The number of rotatable bonds is 1. The van der Waals surface area contributed by atoms with Gasteiger partial charge < -0.3 is 5.73 Å². The molecular formula is C15H13F12N. The molecule has 162 valence electrons. The van der Waals surface area contributed by atoms with E-state index in [9.17, 15) is 52.7 Å². The van der Waals surface area contributed by atoms with E-state index in [0.29, 0.717) is 0 Å².